The molecule has 1 aromatic heterocycles. The molecule has 0 bridgehead atoms. The van der Waals surface area contributed by atoms with Crippen molar-refractivity contribution < 1.29 is 22.4 Å². The second-order valence-corrected chi connectivity index (χ2v) is 7.60. The Balaban J connectivity index is 1.38. The van der Waals surface area contributed by atoms with Crippen molar-refractivity contribution in [3.05, 3.63) is 70.6 Å². The molecule has 1 saturated heterocycles. The van der Waals surface area contributed by atoms with E-state index in [1.54, 1.807) is 4.90 Å². The highest BCUT2D eigenvalue weighted by molar-refractivity contribution is 6.31. The fraction of sp³-hybridized carbons (Fsp3) is 0.273. The van der Waals surface area contributed by atoms with E-state index in [0.29, 0.717) is 31.8 Å². The van der Waals surface area contributed by atoms with Gasteiger partial charge in [-0.1, -0.05) is 29.8 Å². The number of benzene rings is 2. The van der Waals surface area contributed by atoms with Crippen molar-refractivity contribution in [3.8, 4) is 0 Å². The molecular weight excluding hydrogens is 417 g/mol. The number of oxazole rings is 1. The third-order valence-electron chi connectivity index (χ3n) is 5.18. The molecule has 0 N–H and O–H groups in total. The molecule has 3 aromatic rings. The number of hydrogen-bond acceptors (Lipinski definition) is 3. The van der Waals surface area contributed by atoms with Crippen LogP contribution in [0.2, 0.25) is 5.02 Å². The number of para-hydroxylation sites is 2. The molecule has 2 heterocycles. The van der Waals surface area contributed by atoms with Crippen molar-refractivity contribution in [2.24, 2.45) is 0 Å². The molecule has 2 aromatic carbocycles. The quantitative estimate of drug-likeness (QED) is 0.481. The SMILES string of the molecule is O=C(/C=C/c1ccc(Cl)c(C(F)(F)F)c1)N1CCC(c2nc3ccccc3o2)CC1. The average Bonchev–Trinajstić information content (AvgIpc) is 3.16. The fourth-order valence-corrected chi connectivity index (χ4v) is 3.77. The van der Waals surface area contributed by atoms with E-state index < -0.39 is 11.7 Å². The first-order valence-corrected chi connectivity index (χ1v) is 9.88. The van der Waals surface area contributed by atoms with Crippen LogP contribution in [-0.2, 0) is 11.0 Å². The van der Waals surface area contributed by atoms with Gasteiger partial charge in [0.1, 0.15) is 5.52 Å². The van der Waals surface area contributed by atoms with Gasteiger partial charge in [-0.05, 0) is 48.7 Å². The molecule has 0 atom stereocenters. The molecule has 0 aliphatic carbocycles. The van der Waals surface area contributed by atoms with Crippen molar-refractivity contribution in [1.82, 2.24) is 9.88 Å². The van der Waals surface area contributed by atoms with Crippen LogP contribution in [0.4, 0.5) is 13.2 Å². The molecule has 4 rings (SSSR count). The normalized spacial score (nSPS) is 15.9. The average molecular weight is 435 g/mol. The second kappa shape index (κ2) is 8.14. The summed E-state index contributed by atoms with van der Waals surface area (Å²) in [5, 5.41) is -0.368. The van der Waals surface area contributed by atoms with Crippen LogP contribution < -0.4 is 0 Å². The highest BCUT2D eigenvalue weighted by atomic mass is 35.5. The Labute approximate surface area is 175 Å². The maximum Gasteiger partial charge on any atom is 0.417 e. The molecule has 30 heavy (non-hydrogen) atoms. The minimum Gasteiger partial charge on any atom is -0.440 e. The van der Waals surface area contributed by atoms with E-state index in [-0.39, 0.29) is 22.4 Å². The lowest BCUT2D eigenvalue weighted by atomic mass is 9.96. The zero-order chi connectivity index (χ0) is 21.3. The highest BCUT2D eigenvalue weighted by Gasteiger charge is 2.33. The van der Waals surface area contributed by atoms with Crippen LogP contribution in [0.25, 0.3) is 17.2 Å². The van der Waals surface area contributed by atoms with Gasteiger partial charge in [-0.25, -0.2) is 4.98 Å². The van der Waals surface area contributed by atoms with Gasteiger partial charge < -0.3 is 9.32 Å². The summed E-state index contributed by atoms with van der Waals surface area (Å²) in [6.07, 6.45) is -0.446. The molecule has 1 aliphatic heterocycles. The molecule has 156 valence electrons. The zero-order valence-corrected chi connectivity index (χ0v) is 16.6. The van der Waals surface area contributed by atoms with Crippen molar-refractivity contribution in [2.45, 2.75) is 24.9 Å². The van der Waals surface area contributed by atoms with Gasteiger partial charge in [0.2, 0.25) is 5.91 Å². The summed E-state index contributed by atoms with van der Waals surface area (Å²) in [4.78, 5) is 18.7. The van der Waals surface area contributed by atoms with Crippen molar-refractivity contribution >= 4 is 34.7 Å². The Hall–Kier alpha value is -2.80. The van der Waals surface area contributed by atoms with Gasteiger partial charge in [-0.15, -0.1) is 0 Å². The molecule has 8 heteroatoms. The smallest absolute Gasteiger partial charge is 0.417 e. The number of carbonyl (C=O) groups is 1. The summed E-state index contributed by atoms with van der Waals surface area (Å²) in [5.74, 6) is 0.574. The molecular formula is C22H18ClF3N2O2. The van der Waals surface area contributed by atoms with Crippen LogP contribution in [0, 0.1) is 0 Å². The first-order chi connectivity index (χ1) is 14.3. The number of likely N-dealkylation sites (tertiary alicyclic amines) is 1. The van der Waals surface area contributed by atoms with Crippen molar-refractivity contribution in [3.63, 3.8) is 0 Å². The first-order valence-electron chi connectivity index (χ1n) is 9.50. The number of carbonyl (C=O) groups excluding carboxylic acids is 1. The van der Waals surface area contributed by atoms with Gasteiger partial charge in [0, 0.05) is 25.1 Å². The van der Waals surface area contributed by atoms with Gasteiger partial charge in [-0.3, -0.25) is 4.79 Å². The molecule has 0 unspecified atom stereocenters. The van der Waals surface area contributed by atoms with Crippen molar-refractivity contribution in [2.75, 3.05) is 13.1 Å². The van der Waals surface area contributed by atoms with Crippen LogP contribution in [-0.4, -0.2) is 28.9 Å². The van der Waals surface area contributed by atoms with Gasteiger partial charge in [0.05, 0.1) is 10.6 Å². The number of halogens is 4. The molecule has 0 saturated carbocycles. The molecule has 4 nitrogen and oxygen atoms in total. The molecule has 1 fully saturated rings. The number of rotatable bonds is 3. The third-order valence-corrected chi connectivity index (χ3v) is 5.51. The van der Waals surface area contributed by atoms with Gasteiger partial charge >= 0.3 is 6.18 Å². The Bertz CT molecular complexity index is 1070. The molecule has 1 amide bonds. The number of alkyl halides is 3. The minimum atomic E-state index is -4.54. The standard InChI is InChI=1S/C22H18ClF3N2O2/c23-17-7-5-14(13-16(17)22(24,25)26)6-8-20(29)28-11-9-15(10-12-28)21-27-18-3-1-2-4-19(18)30-21/h1-8,13,15H,9-12H2/b8-6+. The van der Waals surface area contributed by atoms with Crippen LogP contribution in [0.5, 0.6) is 0 Å². The lowest BCUT2D eigenvalue weighted by molar-refractivity contribution is -0.137. The second-order valence-electron chi connectivity index (χ2n) is 7.19. The predicted molar refractivity (Wildman–Crippen MR) is 108 cm³/mol. The summed E-state index contributed by atoms with van der Waals surface area (Å²) in [7, 11) is 0. The van der Waals surface area contributed by atoms with E-state index in [9.17, 15) is 18.0 Å². The van der Waals surface area contributed by atoms with Crippen LogP contribution in [0.1, 0.15) is 35.8 Å². The van der Waals surface area contributed by atoms with Gasteiger partial charge in [-0.2, -0.15) is 13.2 Å². The summed E-state index contributed by atoms with van der Waals surface area (Å²) >= 11 is 5.62. The van der Waals surface area contributed by atoms with E-state index in [4.69, 9.17) is 16.0 Å². The molecule has 0 radical (unpaired) electrons. The minimum absolute atomic E-state index is 0.135. The highest BCUT2D eigenvalue weighted by Crippen LogP contribution is 2.35. The largest absolute Gasteiger partial charge is 0.440 e. The monoisotopic (exact) mass is 434 g/mol. The van der Waals surface area contributed by atoms with Crippen LogP contribution >= 0.6 is 11.6 Å². The lowest BCUT2D eigenvalue weighted by Crippen LogP contribution is -2.36. The number of amides is 1. The number of hydrogen-bond donors (Lipinski definition) is 0. The maximum absolute atomic E-state index is 13.0. The third kappa shape index (κ3) is 4.36. The topological polar surface area (TPSA) is 46.3 Å². The molecule has 1 aliphatic rings. The number of nitrogens with zero attached hydrogens (tertiary/aromatic N) is 2. The molecule has 0 spiro atoms. The fourth-order valence-electron chi connectivity index (χ4n) is 3.55. The Morgan fingerprint density at radius 3 is 2.60 bits per heavy atom. The van der Waals surface area contributed by atoms with Crippen LogP contribution in [0.15, 0.2) is 53.0 Å². The number of piperidine rings is 1. The van der Waals surface area contributed by atoms with E-state index in [0.717, 1.165) is 17.2 Å². The summed E-state index contributed by atoms with van der Waals surface area (Å²) in [6, 6.07) is 11.1. The number of fused-ring (bicyclic) bond motifs is 1. The summed E-state index contributed by atoms with van der Waals surface area (Å²) in [5.41, 5.74) is 0.907. The predicted octanol–water partition coefficient (Wildman–Crippen LogP) is 5.92. The summed E-state index contributed by atoms with van der Waals surface area (Å²) < 4.78 is 44.7. The van der Waals surface area contributed by atoms with E-state index in [1.165, 1.54) is 24.3 Å². The van der Waals surface area contributed by atoms with Crippen LogP contribution in [0.3, 0.4) is 0 Å². The van der Waals surface area contributed by atoms with Gasteiger partial charge in [0.25, 0.3) is 0 Å². The van der Waals surface area contributed by atoms with Crippen molar-refractivity contribution in [1.29, 1.82) is 0 Å². The van der Waals surface area contributed by atoms with E-state index >= 15 is 0 Å². The van der Waals surface area contributed by atoms with E-state index in [2.05, 4.69) is 4.98 Å². The Kier molecular flexibility index (Phi) is 5.56. The van der Waals surface area contributed by atoms with E-state index in [1.807, 2.05) is 24.3 Å². The lowest BCUT2D eigenvalue weighted by Gasteiger charge is -2.29. The maximum atomic E-state index is 13.0. The first kappa shape index (κ1) is 20.5. The van der Waals surface area contributed by atoms with Gasteiger partial charge in [0.15, 0.2) is 11.5 Å². The Morgan fingerprint density at radius 2 is 1.90 bits per heavy atom. The number of aromatic nitrogens is 1. The Morgan fingerprint density at radius 1 is 1.17 bits per heavy atom. The summed E-state index contributed by atoms with van der Waals surface area (Å²) in [6.45, 7) is 1.06. The zero-order valence-electron chi connectivity index (χ0n) is 15.8.